The minimum atomic E-state index is -0.437. The fourth-order valence-electron chi connectivity index (χ4n) is 3.21. The Morgan fingerprint density at radius 1 is 1.05 bits per heavy atom. The number of hydrogen-bond donors (Lipinski definition) is 1. The first kappa shape index (κ1) is 17.3. The van der Waals surface area contributed by atoms with Crippen LogP contribution in [0.4, 0.5) is 0 Å². The van der Waals surface area contributed by atoms with Crippen LogP contribution in [0, 0.1) is 20.8 Å². The molecule has 1 aromatic carbocycles. The van der Waals surface area contributed by atoms with E-state index in [-0.39, 0.29) is 0 Å². The van der Waals surface area contributed by atoms with E-state index >= 15 is 0 Å². The van der Waals surface area contributed by atoms with Crippen molar-refractivity contribution in [2.75, 3.05) is 45.9 Å². The van der Waals surface area contributed by atoms with E-state index in [2.05, 4.69) is 49.6 Å². The summed E-state index contributed by atoms with van der Waals surface area (Å²) in [6.45, 7) is 14.9. The highest BCUT2D eigenvalue weighted by atomic mass is 16.5. The molecule has 1 fully saturated rings. The molecule has 0 saturated carbocycles. The lowest BCUT2D eigenvalue weighted by Gasteiger charge is -2.35. The second-order valence-corrected chi connectivity index (χ2v) is 6.43. The molecule has 1 heterocycles. The number of hydrogen-bond acceptors (Lipinski definition) is 4. The Labute approximate surface area is 134 Å². The molecule has 1 N–H and O–H groups in total. The lowest BCUT2D eigenvalue weighted by atomic mass is 10.1. The van der Waals surface area contributed by atoms with E-state index in [4.69, 9.17) is 4.74 Å². The van der Waals surface area contributed by atoms with E-state index in [9.17, 15) is 5.11 Å². The lowest BCUT2D eigenvalue weighted by Crippen LogP contribution is -2.49. The van der Waals surface area contributed by atoms with Crippen molar-refractivity contribution in [1.29, 1.82) is 0 Å². The van der Waals surface area contributed by atoms with Gasteiger partial charge in [-0.2, -0.15) is 0 Å². The number of aryl methyl sites for hydroxylation is 3. The summed E-state index contributed by atoms with van der Waals surface area (Å²) in [7, 11) is 0. The maximum absolute atomic E-state index is 10.2. The molecule has 1 aromatic rings. The van der Waals surface area contributed by atoms with E-state index in [1.54, 1.807) is 0 Å². The molecule has 0 aliphatic carbocycles. The molecule has 1 aliphatic heterocycles. The zero-order chi connectivity index (χ0) is 16.1. The van der Waals surface area contributed by atoms with E-state index in [1.165, 1.54) is 5.56 Å². The van der Waals surface area contributed by atoms with Gasteiger partial charge in [0.15, 0.2) is 0 Å². The van der Waals surface area contributed by atoms with Gasteiger partial charge in [-0.1, -0.05) is 24.6 Å². The monoisotopic (exact) mass is 306 g/mol. The molecule has 124 valence electrons. The van der Waals surface area contributed by atoms with Crippen molar-refractivity contribution in [3.05, 3.63) is 28.8 Å². The second kappa shape index (κ2) is 7.95. The van der Waals surface area contributed by atoms with Crippen molar-refractivity contribution < 1.29 is 9.84 Å². The van der Waals surface area contributed by atoms with Gasteiger partial charge in [-0.05, 0) is 38.4 Å². The summed E-state index contributed by atoms with van der Waals surface area (Å²) in [6.07, 6.45) is -0.437. The molecular weight excluding hydrogens is 276 g/mol. The number of ether oxygens (including phenoxy) is 1. The molecule has 1 aliphatic rings. The van der Waals surface area contributed by atoms with Crippen LogP contribution in [-0.2, 0) is 0 Å². The number of piperazine rings is 1. The molecule has 0 amide bonds. The van der Waals surface area contributed by atoms with Gasteiger partial charge >= 0.3 is 0 Å². The smallest absolute Gasteiger partial charge is 0.125 e. The Balaban J connectivity index is 1.80. The van der Waals surface area contributed by atoms with Gasteiger partial charge in [0.25, 0.3) is 0 Å². The topological polar surface area (TPSA) is 35.9 Å². The van der Waals surface area contributed by atoms with E-state index < -0.39 is 6.10 Å². The third kappa shape index (κ3) is 4.70. The van der Waals surface area contributed by atoms with Crippen LogP contribution in [0.2, 0.25) is 0 Å². The molecule has 0 aromatic heterocycles. The number of nitrogens with zero attached hydrogens (tertiary/aromatic N) is 2. The number of aliphatic hydroxyl groups is 1. The van der Waals surface area contributed by atoms with Crippen LogP contribution < -0.4 is 4.74 Å². The molecule has 0 spiro atoms. The number of aliphatic hydroxyl groups excluding tert-OH is 1. The Hall–Kier alpha value is -1.10. The van der Waals surface area contributed by atoms with Crippen molar-refractivity contribution in [1.82, 2.24) is 9.80 Å². The molecule has 0 unspecified atom stereocenters. The summed E-state index contributed by atoms with van der Waals surface area (Å²) in [6, 6.07) is 4.25. The quantitative estimate of drug-likeness (QED) is 0.872. The molecule has 4 nitrogen and oxygen atoms in total. The largest absolute Gasteiger partial charge is 0.490 e. The average Bonchev–Trinajstić information content (AvgIpc) is 2.47. The highest BCUT2D eigenvalue weighted by Crippen LogP contribution is 2.24. The molecule has 0 bridgehead atoms. The van der Waals surface area contributed by atoms with Crippen molar-refractivity contribution in [3.8, 4) is 5.75 Å². The Bertz CT molecular complexity index is 459. The van der Waals surface area contributed by atoms with Gasteiger partial charge in [-0.3, -0.25) is 4.90 Å². The highest BCUT2D eigenvalue weighted by Gasteiger charge is 2.18. The Morgan fingerprint density at radius 3 is 2.14 bits per heavy atom. The fourth-order valence-corrected chi connectivity index (χ4v) is 3.21. The summed E-state index contributed by atoms with van der Waals surface area (Å²) in [5, 5.41) is 10.2. The number of rotatable bonds is 6. The van der Waals surface area contributed by atoms with Crippen molar-refractivity contribution in [2.45, 2.75) is 33.8 Å². The number of β-amino-alcohol motifs (C(OH)–C–C–N with tert-alkyl or cyclic N) is 1. The standard InChI is InChI=1S/C18H30N2O2/c1-5-19-6-8-20(9-7-19)12-17(21)13-22-18-15(3)10-14(2)11-16(18)4/h10-11,17,21H,5-9,12-13H2,1-4H3/t17-/m0/s1. The van der Waals surface area contributed by atoms with Crippen molar-refractivity contribution in [2.24, 2.45) is 0 Å². The Morgan fingerprint density at radius 2 is 1.59 bits per heavy atom. The van der Waals surface area contributed by atoms with E-state index in [1.807, 2.05) is 0 Å². The first-order valence-electron chi connectivity index (χ1n) is 8.33. The van der Waals surface area contributed by atoms with Crippen LogP contribution in [-0.4, -0.2) is 66.9 Å². The highest BCUT2D eigenvalue weighted by molar-refractivity contribution is 5.42. The van der Waals surface area contributed by atoms with Crippen LogP contribution in [0.25, 0.3) is 0 Å². The number of benzene rings is 1. The summed E-state index contributed by atoms with van der Waals surface area (Å²) >= 11 is 0. The van der Waals surface area contributed by atoms with Crippen LogP contribution in [0.3, 0.4) is 0 Å². The predicted molar refractivity (Wildman–Crippen MR) is 90.7 cm³/mol. The maximum atomic E-state index is 10.2. The van der Waals surface area contributed by atoms with Crippen LogP contribution in [0.5, 0.6) is 5.75 Å². The lowest BCUT2D eigenvalue weighted by molar-refractivity contribution is 0.0468. The van der Waals surface area contributed by atoms with E-state index in [0.717, 1.165) is 49.6 Å². The van der Waals surface area contributed by atoms with Gasteiger partial charge in [-0.15, -0.1) is 0 Å². The van der Waals surface area contributed by atoms with Gasteiger partial charge in [0.05, 0.1) is 0 Å². The Kier molecular flexibility index (Phi) is 6.24. The van der Waals surface area contributed by atoms with Crippen molar-refractivity contribution >= 4 is 0 Å². The summed E-state index contributed by atoms with van der Waals surface area (Å²) < 4.78 is 5.88. The van der Waals surface area contributed by atoms with Gasteiger partial charge in [0.2, 0.25) is 0 Å². The van der Waals surface area contributed by atoms with Crippen LogP contribution >= 0.6 is 0 Å². The average molecular weight is 306 g/mol. The minimum absolute atomic E-state index is 0.360. The maximum Gasteiger partial charge on any atom is 0.125 e. The normalized spacial score (nSPS) is 18.4. The molecule has 4 heteroatoms. The summed E-state index contributed by atoms with van der Waals surface area (Å²) in [5.41, 5.74) is 3.53. The summed E-state index contributed by atoms with van der Waals surface area (Å²) in [4.78, 5) is 4.77. The fraction of sp³-hybridized carbons (Fsp3) is 0.667. The van der Waals surface area contributed by atoms with Gasteiger partial charge in [0, 0.05) is 32.7 Å². The van der Waals surface area contributed by atoms with Crippen LogP contribution in [0.15, 0.2) is 12.1 Å². The molecular formula is C18H30N2O2. The zero-order valence-corrected chi connectivity index (χ0v) is 14.4. The van der Waals surface area contributed by atoms with Crippen LogP contribution in [0.1, 0.15) is 23.6 Å². The SMILES string of the molecule is CCN1CCN(C[C@H](O)COc2c(C)cc(C)cc2C)CC1. The molecule has 1 saturated heterocycles. The molecule has 2 rings (SSSR count). The van der Waals surface area contributed by atoms with Gasteiger partial charge in [-0.25, -0.2) is 0 Å². The molecule has 1 atom stereocenters. The zero-order valence-electron chi connectivity index (χ0n) is 14.4. The third-order valence-corrected chi connectivity index (χ3v) is 4.41. The predicted octanol–water partition coefficient (Wildman–Crippen LogP) is 1.99. The summed E-state index contributed by atoms with van der Waals surface area (Å²) in [5.74, 6) is 0.917. The first-order chi connectivity index (χ1) is 10.5. The third-order valence-electron chi connectivity index (χ3n) is 4.41. The number of likely N-dealkylation sites (N-methyl/N-ethyl adjacent to an activating group) is 1. The van der Waals surface area contributed by atoms with Crippen molar-refractivity contribution in [3.63, 3.8) is 0 Å². The second-order valence-electron chi connectivity index (χ2n) is 6.43. The van der Waals surface area contributed by atoms with Gasteiger partial charge in [0.1, 0.15) is 18.5 Å². The minimum Gasteiger partial charge on any atom is -0.490 e. The van der Waals surface area contributed by atoms with Gasteiger partial charge < -0.3 is 14.7 Å². The first-order valence-corrected chi connectivity index (χ1v) is 8.33. The van der Waals surface area contributed by atoms with E-state index in [0.29, 0.717) is 13.2 Å². The molecule has 22 heavy (non-hydrogen) atoms. The molecule has 0 radical (unpaired) electrons.